The maximum Gasteiger partial charge on any atom is 0.227 e. The molecule has 28 heavy (non-hydrogen) atoms. The van der Waals surface area contributed by atoms with E-state index in [0.29, 0.717) is 35.3 Å². The summed E-state index contributed by atoms with van der Waals surface area (Å²) in [6, 6.07) is 14.3. The molecule has 8 nitrogen and oxygen atoms in total. The lowest BCUT2D eigenvalue weighted by Gasteiger charge is -2.07. The Hall–Kier alpha value is -3.68. The number of ether oxygens (including phenoxy) is 1. The molecule has 1 heterocycles. The third-order valence-corrected chi connectivity index (χ3v) is 3.85. The molecule has 0 radical (unpaired) electrons. The Morgan fingerprint density at radius 1 is 1.07 bits per heavy atom. The molecule has 0 saturated heterocycles. The Kier molecular flexibility index (Phi) is 6.01. The predicted octanol–water partition coefficient (Wildman–Crippen LogP) is 3.27. The number of para-hydroxylation sites is 1. The van der Waals surface area contributed by atoms with Gasteiger partial charge in [0.25, 0.3) is 0 Å². The summed E-state index contributed by atoms with van der Waals surface area (Å²) >= 11 is 0. The first-order valence-electron chi connectivity index (χ1n) is 8.68. The van der Waals surface area contributed by atoms with E-state index in [-0.39, 0.29) is 18.2 Å². The number of nitrogens with one attached hydrogen (secondary N) is 2. The topological polar surface area (TPSA) is 106 Å². The number of rotatable bonds is 7. The Morgan fingerprint density at radius 2 is 1.82 bits per heavy atom. The molecule has 3 rings (SSSR count). The number of anilines is 2. The fourth-order valence-corrected chi connectivity index (χ4v) is 2.62. The molecule has 0 unspecified atom stereocenters. The highest BCUT2D eigenvalue weighted by Crippen LogP contribution is 2.27. The molecular formula is C20H20N4O4. The maximum absolute atomic E-state index is 12.2. The third kappa shape index (κ3) is 4.94. The molecule has 0 bridgehead atoms. The van der Waals surface area contributed by atoms with E-state index in [2.05, 4.69) is 20.8 Å². The number of aromatic nitrogens is 2. The second kappa shape index (κ2) is 8.81. The van der Waals surface area contributed by atoms with Crippen molar-refractivity contribution in [2.24, 2.45) is 0 Å². The molecule has 0 fully saturated rings. The number of aryl methyl sites for hydroxylation is 1. The van der Waals surface area contributed by atoms with Crippen molar-refractivity contribution >= 4 is 23.2 Å². The first-order valence-corrected chi connectivity index (χ1v) is 8.68. The minimum Gasteiger partial charge on any atom is -0.496 e. The summed E-state index contributed by atoms with van der Waals surface area (Å²) in [6.07, 6.45) is 0.483. The highest BCUT2D eigenvalue weighted by Gasteiger charge is 2.14. The zero-order valence-corrected chi connectivity index (χ0v) is 15.6. The van der Waals surface area contributed by atoms with E-state index in [0.717, 1.165) is 5.56 Å². The van der Waals surface area contributed by atoms with Crippen molar-refractivity contribution in [2.45, 2.75) is 19.8 Å². The van der Waals surface area contributed by atoms with Crippen molar-refractivity contribution in [3.63, 3.8) is 0 Å². The first kappa shape index (κ1) is 19.1. The summed E-state index contributed by atoms with van der Waals surface area (Å²) in [6.45, 7) is 1.43. The van der Waals surface area contributed by atoms with Crippen molar-refractivity contribution in [3.05, 3.63) is 54.4 Å². The van der Waals surface area contributed by atoms with Gasteiger partial charge in [-0.3, -0.25) is 9.59 Å². The van der Waals surface area contributed by atoms with Gasteiger partial charge >= 0.3 is 0 Å². The summed E-state index contributed by atoms with van der Waals surface area (Å²) in [5.41, 5.74) is 1.93. The molecule has 2 N–H and O–H groups in total. The Balaban J connectivity index is 1.58. The Labute approximate surface area is 161 Å². The van der Waals surface area contributed by atoms with Crippen LogP contribution in [0.3, 0.4) is 0 Å². The molecule has 0 atom stereocenters. The normalized spacial score (nSPS) is 10.4. The van der Waals surface area contributed by atoms with Crippen LogP contribution in [0.4, 0.5) is 11.4 Å². The summed E-state index contributed by atoms with van der Waals surface area (Å²) in [5, 5.41) is 9.41. The van der Waals surface area contributed by atoms with E-state index in [4.69, 9.17) is 9.26 Å². The van der Waals surface area contributed by atoms with Gasteiger partial charge in [0.05, 0.1) is 12.7 Å². The van der Waals surface area contributed by atoms with Crippen LogP contribution in [0.5, 0.6) is 5.75 Å². The molecule has 0 aliphatic heterocycles. The first-order chi connectivity index (χ1) is 13.5. The van der Waals surface area contributed by atoms with Gasteiger partial charge in [-0.2, -0.15) is 4.98 Å². The van der Waals surface area contributed by atoms with Gasteiger partial charge in [0.1, 0.15) is 5.75 Å². The number of hydrogen-bond acceptors (Lipinski definition) is 6. The minimum absolute atomic E-state index is 0.175. The lowest BCUT2D eigenvalue weighted by atomic mass is 10.2. The summed E-state index contributed by atoms with van der Waals surface area (Å²) in [5.74, 6) is 1.05. The minimum atomic E-state index is -0.197. The second-order valence-corrected chi connectivity index (χ2v) is 6.02. The van der Waals surface area contributed by atoms with Gasteiger partial charge in [0.2, 0.25) is 23.5 Å². The lowest BCUT2D eigenvalue weighted by molar-refractivity contribution is -0.116. The van der Waals surface area contributed by atoms with Crippen molar-refractivity contribution < 1.29 is 18.8 Å². The molecule has 2 amide bonds. The van der Waals surface area contributed by atoms with Gasteiger partial charge in [0.15, 0.2) is 0 Å². The number of nitrogens with zero attached hydrogens (tertiary/aromatic N) is 2. The molecule has 3 aromatic rings. The number of amides is 2. The van der Waals surface area contributed by atoms with Gasteiger partial charge in [-0.1, -0.05) is 23.4 Å². The van der Waals surface area contributed by atoms with Crippen LogP contribution < -0.4 is 15.4 Å². The van der Waals surface area contributed by atoms with Gasteiger partial charge in [-0.15, -0.1) is 0 Å². The highest BCUT2D eigenvalue weighted by molar-refractivity contribution is 5.93. The van der Waals surface area contributed by atoms with E-state index in [1.54, 1.807) is 31.4 Å². The zero-order chi connectivity index (χ0) is 19.9. The van der Waals surface area contributed by atoms with Crippen LogP contribution in [0.15, 0.2) is 53.1 Å². The second-order valence-electron chi connectivity index (χ2n) is 6.02. The molecule has 0 aliphatic rings. The quantitative estimate of drug-likeness (QED) is 0.651. The summed E-state index contributed by atoms with van der Waals surface area (Å²) in [4.78, 5) is 27.6. The molecule has 2 aromatic carbocycles. The third-order valence-electron chi connectivity index (χ3n) is 3.85. The van der Waals surface area contributed by atoms with E-state index in [1.807, 2.05) is 24.3 Å². The monoisotopic (exact) mass is 380 g/mol. The number of hydrogen-bond donors (Lipinski definition) is 2. The van der Waals surface area contributed by atoms with Crippen LogP contribution in [0.1, 0.15) is 19.2 Å². The van der Waals surface area contributed by atoms with Crippen molar-refractivity contribution in [1.82, 2.24) is 10.1 Å². The average molecular weight is 380 g/mol. The summed E-state index contributed by atoms with van der Waals surface area (Å²) in [7, 11) is 1.57. The van der Waals surface area contributed by atoms with Gasteiger partial charge in [-0.25, -0.2) is 0 Å². The molecule has 0 aliphatic carbocycles. The van der Waals surface area contributed by atoms with E-state index < -0.39 is 0 Å². The van der Waals surface area contributed by atoms with Crippen LogP contribution in [0, 0.1) is 0 Å². The number of carbonyl (C=O) groups excluding carboxylic acids is 2. The standard InChI is InChI=1S/C20H20N4O4/c1-13(25)21-14-6-5-7-15(12-14)22-18(26)10-11-19-23-20(24-28-19)16-8-3-4-9-17(16)27-2/h3-9,12H,10-11H2,1-2H3,(H,21,25)(H,22,26). The molecule has 1 aromatic heterocycles. The lowest BCUT2D eigenvalue weighted by Crippen LogP contribution is -2.13. The van der Waals surface area contributed by atoms with Gasteiger partial charge in [0, 0.05) is 31.1 Å². The SMILES string of the molecule is COc1ccccc1-c1noc(CCC(=O)Nc2cccc(NC(C)=O)c2)n1. The average Bonchev–Trinajstić information content (AvgIpc) is 3.15. The predicted molar refractivity (Wildman–Crippen MR) is 104 cm³/mol. The fraction of sp³-hybridized carbons (Fsp3) is 0.200. The Bertz CT molecular complexity index is 984. The molecule has 0 spiro atoms. The number of benzene rings is 2. The molecule has 8 heteroatoms. The van der Waals surface area contributed by atoms with Crippen molar-refractivity contribution in [2.75, 3.05) is 17.7 Å². The van der Waals surface area contributed by atoms with Crippen LogP contribution in [0.2, 0.25) is 0 Å². The largest absolute Gasteiger partial charge is 0.496 e. The van der Waals surface area contributed by atoms with Crippen molar-refractivity contribution in [3.8, 4) is 17.1 Å². The maximum atomic E-state index is 12.2. The van der Waals surface area contributed by atoms with Crippen molar-refractivity contribution in [1.29, 1.82) is 0 Å². The zero-order valence-electron chi connectivity index (χ0n) is 15.6. The van der Waals surface area contributed by atoms with E-state index in [9.17, 15) is 9.59 Å². The van der Waals surface area contributed by atoms with E-state index >= 15 is 0 Å². The summed E-state index contributed by atoms with van der Waals surface area (Å²) < 4.78 is 10.5. The van der Waals surface area contributed by atoms with Crippen LogP contribution >= 0.6 is 0 Å². The fourth-order valence-electron chi connectivity index (χ4n) is 2.62. The number of methoxy groups -OCH3 is 1. The van der Waals surface area contributed by atoms with Gasteiger partial charge < -0.3 is 19.9 Å². The van der Waals surface area contributed by atoms with Gasteiger partial charge in [-0.05, 0) is 30.3 Å². The Morgan fingerprint density at radius 3 is 2.57 bits per heavy atom. The van der Waals surface area contributed by atoms with Crippen LogP contribution in [-0.4, -0.2) is 29.1 Å². The highest BCUT2D eigenvalue weighted by atomic mass is 16.5. The molecule has 0 saturated carbocycles. The molecule has 144 valence electrons. The van der Waals surface area contributed by atoms with E-state index in [1.165, 1.54) is 6.92 Å². The van der Waals surface area contributed by atoms with Crippen LogP contribution in [0.25, 0.3) is 11.4 Å². The number of carbonyl (C=O) groups is 2. The van der Waals surface area contributed by atoms with Crippen LogP contribution in [-0.2, 0) is 16.0 Å². The smallest absolute Gasteiger partial charge is 0.227 e. The molecular weight excluding hydrogens is 360 g/mol.